The Morgan fingerprint density at radius 3 is 2.69 bits per heavy atom. The highest BCUT2D eigenvalue weighted by Gasteiger charge is 2.16. The number of halogens is 1. The van der Waals surface area contributed by atoms with Crippen LogP contribution in [0.2, 0.25) is 0 Å². The largest absolute Gasteiger partial charge is 0.383 e. The minimum Gasteiger partial charge on any atom is -0.383 e. The minimum absolute atomic E-state index is 0.312. The molecule has 2 aromatic heterocycles. The lowest BCUT2D eigenvalue weighted by Gasteiger charge is -2.07. The predicted octanol–water partition coefficient (Wildman–Crippen LogP) is 3.37. The van der Waals surface area contributed by atoms with Gasteiger partial charge in [-0.2, -0.15) is 16.4 Å². The van der Waals surface area contributed by atoms with E-state index in [1.807, 2.05) is 21.6 Å². The summed E-state index contributed by atoms with van der Waals surface area (Å²) in [6, 6.07) is 0.312. The van der Waals surface area contributed by atoms with Crippen LogP contribution < -0.4 is 0 Å². The van der Waals surface area contributed by atoms with Crippen LogP contribution in [-0.2, 0) is 0 Å². The van der Waals surface area contributed by atoms with Crippen LogP contribution in [0.25, 0.3) is 0 Å². The van der Waals surface area contributed by atoms with Crippen LogP contribution >= 0.6 is 27.3 Å². The van der Waals surface area contributed by atoms with Gasteiger partial charge in [0, 0.05) is 33.2 Å². The summed E-state index contributed by atoms with van der Waals surface area (Å²) in [5.74, 6) is 0. The molecular formula is C11H13BrN2OS. The smallest absolute Gasteiger partial charge is 0.109 e. The molecule has 0 bridgehead atoms. The highest BCUT2D eigenvalue weighted by atomic mass is 79.9. The number of aliphatic hydroxyl groups excluding tert-OH is 1. The lowest BCUT2D eigenvalue weighted by molar-refractivity contribution is 0.220. The first-order valence-corrected chi connectivity index (χ1v) is 6.77. The van der Waals surface area contributed by atoms with E-state index in [0.29, 0.717) is 6.04 Å². The van der Waals surface area contributed by atoms with E-state index < -0.39 is 6.10 Å². The zero-order valence-electron chi connectivity index (χ0n) is 9.09. The van der Waals surface area contributed by atoms with E-state index in [0.717, 1.165) is 15.6 Å². The van der Waals surface area contributed by atoms with Gasteiger partial charge in [-0.05, 0) is 35.2 Å². The van der Waals surface area contributed by atoms with Gasteiger partial charge in [0.1, 0.15) is 6.10 Å². The highest BCUT2D eigenvalue weighted by Crippen LogP contribution is 2.31. The van der Waals surface area contributed by atoms with Crippen LogP contribution in [0.4, 0.5) is 0 Å². The highest BCUT2D eigenvalue weighted by molar-refractivity contribution is 9.10. The Labute approximate surface area is 107 Å². The van der Waals surface area contributed by atoms with Gasteiger partial charge in [-0.15, -0.1) is 0 Å². The third-order valence-corrected chi connectivity index (χ3v) is 4.15. The molecule has 0 fully saturated rings. The molecule has 2 rings (SSSR count). The molecule has 0 spiro atoms. The molecule has 2 aromatic rings. The maximum atomic E-state index is 10.2. The molecule has 0 saturated carbocycles. The molecule has 1 unspecified atom stereocenters. The van der Waals surface area contributed by atoms with Crippen molar-refractivity contribution in [1.29, 1.82) is 0 Å². The molecule has 0 aliphatic rings. The van der Waals surface area contributed by atoms with Crippen molar-refractivity contribution >= 4 is 27.3 Å². The van der Waals surface area contributed by atoms with Gasteiger partial charge in [0.05, 0.1) is 6.20 Å². The summed E-state index contributed by atoms with van der Waals surface area (Å²) in [5.41, 5.74) is 1.72. The minimum atomic E-state index is -0.604. The third-order valence-electron chi connectivity index (χ3n) is 2.40. The molecule has 0 radical (unpaired) electrons. The Morgan fingerprint density at radius 2 is 2.19 bits per heavy atom. The predicted molar refractivity (Wildman–Crippen MR) is 68.7 cm³/mol. The van der Waals surface area contributed by atoms with Gasteiger partial charge in [0.2, 0.25) is 0 Å². The second-order valence-corrected chi connectivity index (χ2v) is 5.52. The molecule has 16 heavy (non-hydrogen) atoms. The Kier molecular flexibility index (Phi) is 3.47. The average molecular weight is 301 g/mol. The first-order valence-electron chi connectivity index (χ1n) is 5.03. The SMILES string of the molecule is CC(C)n1cc(C(O)c2cscc2Br)cn1. The molecule has 0 aromatic carbocycles. The first kappa shape index (κ1) is 11.8. The molecule has 0 saturated heterocycles. The van der Waals surface area contributed by atoms with E-state index in [2.05, 4.69) is 34.9 Å². The summed E-state index contributed by atoms with van der Waals surface area (Å²) >= 11 is 4.99. The number of nitrogens with zero attached hydrogens (tertiary/aromatic N) is 2. The van der Waals surface area contributed by atoms with E-state index in [9.17, 15) is 5.11 Å². The molecule has 86 valence electrons. The summed E-state index contributed by atoms with van der Waals surface area (Å²) in [6.07, 6.45) is 3.00. The maximum Gasteiger partial charge on any atom is 0.109 e. The van der Waals surface area contributed by atoms with Crippen LogP contribution in [0.5, 0.6) is 0 Å². The van der Waals surface area contributed by atoms with Gasteiger partial charge in [0.25, 0.3) is 0 Å². The van der Waals surface area contributed by atoms with Gasteiger partial charge in [0.15, 0.2) is 0 Å². The first-order chi connectivity index (χ1) is 7.59. The number of thiophene rings is 1. The van der Waals surface area contributed by atoms with Crippen molar-refractivity contribution in [3.63, 3.8) is 0 Å². The summed E-state index contributed by atoms with van der Waals surface area (Å²) in [7, 11) is 0. The van der Waals surface area contributed by atoms with Crippen molar-refractivity contribution in [1.82, 2.24) is 9.78 Å². The summed E-state index contributed by atoms with van der Waals surface area (Å²) in [5, 5.41) is 18.3. The molecule has 0 amide bonds. The normalized spacial score (nSPS) is 13.3. The molecule has 1 atom stereocenters. The average Bonchev–Trinajstić information content (AvgIpc) is 2.84. The van der Waals surface area contributed by atoms with Crippen molar-refractivity contribution in [3.05, 3.63) is 38.8 Å². The second kappa shape index (κ2) is 4.69. The van der Waals surface area contributed by atoms with Crippen LogP contribution in [0.1, 0.15) is 37.1 Å². The van der Waals surface area contributed by atoms with Gasteiger partial charge >= 0.3 is 0 Å². The van der Waals surface area contributed by atoms with Crippen LogP contribution in [-0.4, -0.2) is 14.9 Å². The topological polar surface area (TPSA) is 38.0 Å². The monoisotopic (exact) mass is 300 g/mol. The summed E-state index contributed by atoms with van der Waals surface area (Å²) in [6.45, 7) is 4.12. The Balaban J connectivity index is 2.27. The fourth-order valence-corrected chi connectivity index (χ4v) is 2.97. The van der Waals surface area contributed by atoms with Crippen molar-refractivity contribution in [2.24, 2.45) is 0 Å². The molecule has 0 aliphatic carbocycles. The molecule has 5 heteroatoms. The van der Waals surface area contributed by atoms with Gasteiger partial charge in [-0.1, -0.05) is 0 Å². The van der Waals surface area contributed by atoms with Gasteiger partial charge < -0.3 is 5.11 Å². The van der Waals surface area contributed by atoms with E-state index in [4.69, 9.17) is 0 Å². The number of rotatable bonds is 3. The zero-order valence-corrected chi connectivity index (χ0v) is 11.5. The molecule has 0 aliphatic heterocycles. The van der Waals surface area contributed by atoms with Gasteiger partial charge in [-0.3, -0.25) is 4.68 Å². The summed E-state index contributed by atoms with van der Waals surface area (Å²) < 4.78 is 2.79. The fraction of sp³-hybridized carbons (Fsp3) is 0.364. The lowest BCUT2D eigenvalue weighted by atomic mass is 10.1. The quantitative estimate of drug-likeness (QED) is 0.944. The number of hydrogen-bond donors (Lipinski definition) is 1. The number of hydrogen-bond acceptors (Lipinski definition) is 3. The Bertz CT molecular complexity index is 478. The van der Waals surface area contributed by atoms with Crippen LogP contribution in [0, 0.1) is 0 Å². The van der Waals surface area contributed by atoms with Gasteiger partial charge in [-0.25, -0.2) is 0 Å². The number of aromatic nitrogens is 2. The van der Waals surface area contributed by atoms with Crippen molar-refractivity contribution in [3.8, 4) is 0 Å². The van der Waals surface area contributed by atoms with Crippen LogP contribution in [0.15, 0.2) is 27.6 Å². The van der Waals surface area contributed by atoms with E-state index >= 15 is 0 Å². The van der Waals surface area contributed by atoms with E-state index in [-0.39, 0.29) is 0 Å². The molecule has 1 N–H and O–H groups in total. The van der Waals surface area contributed by atoms with Crippen LogP contribution in [0.3, 0.4) is 0 Å². The van der Waals surface area contributed by atoms with E-state index in [1.165, 1.54) is 0 Å². The standard InChI is InChI=1S/C11H13BrN2OS/c1-7(2)14-4-8(3-13-14)11(15)9-5-16-6-10(9)12/h3-7,11,15H,1-2H3. The third kappa shape index (κ3) is 2.21. The fourth-order valence-electron chi connectivity index (χ4n) is 1.44. The summed E-state index contributed by atoms with van der Waals surface area (Å²) in [4.78, 5) is 0. The van der Waals surface area contributed by atoms with Crippen molar-refractivity contribution in [2.75, 3.05) is 0 Å². The van der Waals surface area contributed by atoms with Crippen molar-refractivity contribution in [2.45, 2.75) is 26.0 Å². The molecular weight excluding hydrogens is 288 g/mol. The maximum absolute atomic E-state index is 10.2. The zero-order chi connectivity index (χ0) is 11.7. The lowest BCUT2D eigenvalue weighted by Crippen LogP contribution is -2.01. The van der Waals surface area contributed by atoms with Crippen molar-refractivity contribution < 1.29 is 5.11 Å². The molecule has 3 nitrogen and oxygen atoms in total. The Hall–Kier alpha value is -0.650. The number of aliphatic hydroxyl groups is 1. The molecule has 2 heterocycles. The van der Waals surface area contributed by atoms with E-state index in [1.54, 1.807) is 17.5 Å². The Morgan fingerprint density at radius 1 is 1.44 bits per heavy atom. The second-order valence-electron chi connectivity index (χ2n) is 3.93.